The first kappa shape index (κ1) is 12.1. The second-order valence-corrected chi connectivity index (χ2v) is 5.49. The topological polar surface area (TPSA) is 35.5 Å². The van der Waals surface area contributed by atoms with Gasteiger partial charge in [-0.1, -0.05) is 35.0 Å². The minimum Gasteiger partial charge on any atom is -0.459 e. The van der Waals surface area contributed by atoms with Gasteiger partial charge in [0.1, 0.15) is 12.2 Å². The molecule has 2 aliphatic rings. The van der Waals surface area contributed by atoms with Crippen LogP contribution in [-0.2, 0) is 14.3 Å². The average Bonchev–Trinajstić information content (AvgIpc) is 2.57. The summed E-state index contributed by atoms with van der Waals surface area (Å²) in [7, 11) is 0. The van der Waals surface area contributed by atoms with Crippen LogP contribution in [0.1, 0.15) is 32.6 Å². The van der Waals surface area contributed by atoms with Crippen molar-refractivity contribution < 1.29 is 14.3 Å². The van der Waals surface area contributed by atoms with Crippen molar-refractivity contribution in [3.63, 3.8) is 0 Å². The lowest BCUT2D eigenvalue weighted by atomic mass is 10.0. The average molecular weight is 289 g/mol. The fraction of sp³-hybridized carbons (Fsp3) is 0.750. The van der Waals surface area contributed by atoms with Crippen LogP contribution in [0.4, 0.5) is 0 Å². The van der Waals surface area contributed by atoms with E-state index in [0.717, 1.165) is 19.3 Å². The summed E-state index contributed by atoms with van der Waals surface area (Å²) in [5.74, 6) is -0.133. The molecule has 0 spiro atoms. The Bertz CT molecular complexity index is 290. The largest absolute Gasteiger partial charge is 0.459 e. The van der Waals surface area contributed by atoms with Crippen LogP contribution in [0, 0.1) is 0 Å². The van der Waals surface area contributed by atoms with Gasteiger partial charge >= 0.3 is 5.97 Å². The number of esters is 1. The molecule has 90 valence electrons. The monoisotopic (exact) mass is 288 g/mol. The summed E-state index contributed by atoms with van der Waals surface area (Å²) in [4.78, 5) is 11.6. The van der Waals surface area contributed by atoms with Gasteiger partial charge in [-0.25, -0.2) is 0 Å². The Labute approximate surface area is 104 Å². The molecule has 16 heavy (non-hydrogen) atoms. The zero-order chi connectivity index (χ0) is 11.5. The Morgan fingerprint density at radius 2 is 2.19 bits per heavy atom. The third-order valence-electron chi connectivity index (χ3n) is 3.11. The van der Waals surface area contributed by atoms with E-state index in [9.17, 15) is 4.79 Å². The van der Waals surface area contributed by atoms with Gasteiger partial charge < -0.3 is 9.47 Å². The lowest BCUT2D eigenvalue weighted by Gasteiger charge is -2.28. The number of hydrogen-bond donors (Lipinski definition) is 0. The van der Waals surface area contributed by atoms with E-state index in [1.54, 1.807) is 0 Å². The molecule has 0 radical (unpaired) electrons. The molecule has 0 aliphatic carbocycles. The van der Waals surface area contributed by atoms with Gasteiger partial charge in [-0.05, 0) is 12.8 Å². The molecule has 4 unspecified atom stereocenters. The molecule has 0 saturated carbocycles. The standard InChI is InChI=1S/C12H17BrO3/c1-2-8(13)9-5-3-4-6-10-11(15-9)7-12(14)16-10/h3-4,8-11H,2,5-7H2,1H3. The fourth-order valence-electron chi connectivity index (χ4n) is 2.16. The lowest BCUT2D eigenvalue weighted by molar-refractivity contribution is -0.142. The van der Waals surface area contributed by atoms with Gasteiger partial charge in [-0.15, -0.1) is 0 Å². The third kappa shape index (κ3) is 2.66. The first-order valence-corrected chi connectivity index (χ1v) is 6.76. The van der Waals surface area contributed by atoms with E-state index in [2.05, 4.69) is 35.0 Å². The first-order chi connectivity index (χ1) is 7.70. The SMILES string of the molecule is CCC(Br)C1CC=CCC2OC(=O)CC2O1. The van der Waals surface area contributed by atoms with E-state index >= 15 is 0 Å². The zero-order valence-corrected chi connectivity index (χ0v) is 11.0. The van der Waals surface area contributed by atoms with Gasteiger partial charge in [0.05, 0.1) is 12.5 Å². The van der Waals surface area contributed by atoms with Gasteiger partial charge in [-0.2, -0.15) is 0 Å². The van der Waals surface area contributed by atoms with Crippen LogP contribution in [0.2, 0.25) is 0 Å². The Morgan fingerprint density at radius 3 is 2.94 bits per heavy atom. The normalized spacial score (nSPS) is 36.1. The Hall–Kier alpha value is -0.350. The van der Waals surface area contributed by atoms with Crippen LogP contribution >= 0.6 is 15.9 Å². The number of alkyl halides is 1. The molecule has 2 aliphatic heterocycles. The summed E-state index contributed by atoms with van der Waals surface area (Å²) in [5, 5.41) is 0. The molecule has 0 aromatic heterocycles. The van der Waals surface area contributed by atoms with Crippen LogP contribution in [0.3, 0.4) is 0 Å². The fourth-order valence-corrected chi connectivity index (χ4v) is 2.50. The highest BCUT2D eigenvalue weighted by molar-refractivity contribution is 9.09. The molecular formula is C12H17BrO3. The zero-order valence-electron chi connectivity index (χ0n) is 9.40. The predicted octanol–water partition coefficient (Wildman–Crippen LogP) is 2.58. The smallest absolute Gasteiger partial charge is 0.308 e. The summed E-state index contributed by atoms with van der Waals surface area (Å²) in [6.45, 7) is 2.12. The van der Waals surface area contributed by atoms with E-state index in [-0.39, 0.29) is 24.3 Å². The van der Waals surface area contributed by atoms with Crippen molar-refractivity contribution in [2.24, 2.45) is 0 Å². The van der Waals surface area contributed by atoms with Gasteiger partial charge in [0, 0.05) is 11.2 Å². The summed E-state index contributed by atoms with van der Waals surface area (Å²) in [6, 6.07) is 0. The van der Waals surface area contributed by atoms with Crippen LogP contribution in [-0.4, -0.2) is 29.1 Å². The highest BCUT2D eigenvalue weighted by Crippen LogP contribution is 2.28. The van der Waals surface area contributed by atoms with Crippen LogP contribution < -0.4 is 0 Å². The van der Waals surface area contributed by atoms with Gasteiger partial charge in [-0.3, -0.25) is 4.79 Å². The number of ether oxygens (including phenoxy) is 2. The van der Waals surface area contributed by atoms with Gasteiger partial charge in [0.15, 0.2) is 0 Å². The molecule has 2 heterocycles. The number of fused-ring (bicyclic) bond motifs is 1. The lowest BCUT2D eigenvalue weighted by Crippen LogP contribution is -2.34. The van der Waals surface area contributed by atoms with Crippen molar-refractivity contribution in [3.8, 4) is 0 Å². The van der Waals surface area contributed by atoms with E-state index in [4.69, 9.17) is 9.47 Å². The number of hydrogen-bond acceptors (Lipinski definition) is 3. The van der Waals surface area contributed by atoms with E-state index in [1.165, 1.54) is 0 Å². The summed E-state index contributed by atoms with van der Waals surface area (Å²) in [6.07, 6.45) is 7.32. The van der Waals surface area contributed by atoms with E-state index < -0.39 is 0 Å². The van der Waals surface area contributed by atoms with Crippen molar-refractivity contribution in [3.05, 3.63) is 12.2 Å². The van der Waals surface area contributed by atoms with Crippen molar-refractivity contribution in [2.75, 3.05) is 0 Å². The minimum absolute atomic E-state index is 0.0611. The minimum atomic E-state index is -0.133. The number of carbonyl (C=O) groups excluding carboxylic acids is 1. The highest BCUT2D eigenvalue weighted by Gasteiger charge is 2.37. The Kier molecular flexibility index (Phi) is 4.03. The molecule has 0 aromatic carbocycles. The van der Waals surface area contributed by atoms with Crippen LogP contribution in [0.5, 0.6) is 0 Å². The maximum atomic E-state index is 11.2. The molecule has 1 fully saturated rings. The third-order valence-corrected chi connectivity index (χ3v) is 4.35. The second kappa shape index (κ2) is 5.32. The molecular weight excluding hydrogens is 272 g/mol. The van der Waals surface area contributed by atoms with Gasteiger partial charge in [0.2, 0.25) is 0 Å². The Morgan fingerprint density at radius 1 is 1.44 bits per heavy atom. The molecule has 4 heteroatoms. The summed E-state index contributed by atoms with van der Waals surface area (Å²) >= 11 is 3.63. The first-order valence-electron chi connectivity index (χ1n) is 5.84. The molecule has 3 nitrogen and oxygen atoms in total. The second-order valence-electron chi connectivity index (χ2n) is 4.31. The van der Waals surface area contributed by atoms with E-state index in [1.807, 2.05) is 0 Å². The van der Waals surface area contributed by atoms with Crippen molar-refractivity contribution >= 4 is 21.9 Å². The molecule has 0 bridgehead atoms. The quantitative estimate of drug-likeness (QED) is 0.445. The number of halogens is 1. The molecule has 0 aromatic rings. The maximum Gasteiger partial charge on any atom is 0.308 e. The van der Waals surface area contributed by atoms with Crippen molar-refractivity contribution in [2.45, 2.75) is 55.7 Å². The van der Waals surface area contributed by atoms with Gasteiger partial charge in [0.25, 0.3) is 0 Å². The molecule has 0 N–H and O–H groups in total. The summed E-state index contributed by atoms with van der Waals surface area (Å²) in [5.41, 5.74) is 0. The van der Waals surface area contributed by atoms with Crippen molar-refractivity contribution in [1.82, 2.24) is 0 Å². The van der Waals surface area contributed by atoms with E-state index in [0.29, 0.717) is 11.2 Å². The van der Waals surface area contributed by atoms with Crippen LogP contribution in [0.15, 0.2) is 12.2 Å². The maximum absolute atomic E-state index is 11.2. The molecule has 1 saturated heterocycles. The number of carbonyl (C=O) groups is 1. The van der Waals surface area contributed by atoms with Crippen molar-refractivity contribution in [1.29, 1.82) is 0 Å². The predicted molar refractivity (Wildman–Crippen MR) is 64.5 cm³/mol. The molecule has 4 atom stereocenters. The Balaban J connectivity index is 2.06. The molecule has 0 amide bonds. The van der Waals surface area contributed by atoms with Crippen LogP contribution in [0.25, 0.3) is 0 Å². The summed E-state index contributed by atoms with van der Waals surface area (Å²) < 4.78 is 11.2. The molecule has 2 rings (SSSR count). The highest BCUT2D eigenvalue weighted by atomic mass is 79.9. The number of rotatable bonds is 2.